The molecule has 2 aromatic carbocycles. The third kappa shape index (κ3) is 5.30. The van der Waals surface area contributed by atoms with Gasteiger partial charge < -0.3 is 0 Å². The van der Waals surface area contributed by atoms with Crippen LogP contribution in [-0.4, -0.2) is 45.1 Å². The molecular formula is C19H18N6O3S4. The van der Waals surface area contributed by atoms with E-state index in [4.69, 9.17) is 0 Å². The van der Waals surface area contributed by atoms with Gasteiger partial charge in [-0.15, -0.1) is 10.2 Å². The second-order valence-corrected chi connectivity index (χ2v) is 11.2. The molecule has 1 atom stereocenters. The molecule has 0 aliphatic rings. The highest BCUT2D eigenvalue weighted by Crippen LogP contribution is 2.26. The van der Waals surface area contributed by atoms with E-state index < -0.39 is 22.0 Å². The third-order valence-electron chi connectivity index (χ3n) is 4.34. The Balaban J connectivity index is 1.61. The molecule has 2 N–H and O–H groups in total. The van der Waals surface area contributed by atoms with Gasteiger partial charge in [-0.05, 0) is 29.9 Å². The molecule has 0 bridgehead atoms. The van der Waals surface area contributed by atoms with Gasteiger partial charge in [0, 0.05) is 0 Å². The fourth-order valence-corrected chi connectivity index (χ4v) is 6.53. The smallest absolute Gasteiger partial charge is 0.244 e. The van der Waals surface area contributed by atoms with Gasteiger partial charge in [-0.25, -0.2) is 8.42 Å². The Bertz CT molecular complexity index is 1320. The summed E-state index contributed by atoms with van der Waals surface area (Å²) in [5.74, 6) is 0.306. The number of hydrogen-bond acceptors (Lipinski definition) is 10. The molecule has 13 heteroatoms. The van der Waals surface area contributed by atoms with Crippen LogP contribution in [0.1, 0.15) is 12.5 Å². The highest BCUT2D eigenvalue weighted by atomic mass is 32.2. The lowest BCUT2D eigenvalue weighted by molar-refractivity contribution is -0.117. The number of sulfonamides is 1. The molecule has 0 radical (unpaired) electrons. The van der Waals surface area contributed by atoms with Crippen LogP contribution < -0.4 is 10.0 Å². The number of carbonyl (C=O) groups is 1. The van der Waals surface area contributed by atoms with Gasteiger partial charge in [0.1, 0.15) is 22.0 Å². The second-order valence-electron chi connectivity index (χ2n) is 6.55. The van der Waals surface area contributed by atoms with Crippen molar-refractivity contribution < 1.29 is 13.2 Å². The lowest BCUT2D eigenvalue weighted by Gasteiger charge is -2.18. The summed E-state index contributed by atoms with van der Waals surface area (Å²) in [6.45, 7) is 1.99. The van der Waals surface area contributed by atoms with Crippen LogP contribution in [0.3, 0.4) is 0 Å². The minimum absolute atomic E-state index is 0.0211. The van der Waals surface area contributed by atoms with Crippen LogP contribution in [0.25, 0.3) is 11.0 Å². The Kier molecular flexibility index (Phi) is 7.10. The van der Waals surface area contributed by atoms with Crippen LogP contribution in [0.5, 0.6) is 0 Å². The maximum Gasteiger partial charge on any atom is 0.244 e. The SMILES string of the molecule is CCSc1nnc(NC(=O)[C@H](Cc2ccccc2)NS(=O)(=O)c2cccc3nsnc23)s1. The Labute approximate surface area is 197 Å². The zero-order valence-corrected chi connectivity index (χ0v) is 20.0. The van der Waals surface area contributed by atoms with Crippen molar-refractivity contribution in [3.8, 4) is 0 Å². The highest BCUT2D eigenvalue weighted by molar-refractivity contribution is 8.01. The Morgan fingerprint density at radius 2 is 1.91 bits per heavy atom. The van der Waals surface area contributed by atoms with Crippen molar-refractivity contribution >= 4 is 66.9 Å². The summed E-state index contributed by atoms with van der Waals surface area (Å²) in [5, 5.41) is 11.0. The Morgan fingerprint density at radius 1 is 1.09 bits per heavy atom. The summed E-state index contributed by atoms with van der Waals surface area (Å²) >= 11 is 3.69. The molecule has 4 aromatic rings. The van der Waals surface area contributed by atoms with Crippen LogP contribution in [0.4, 0.5) is 5.13 Å². The molecule has 0 fully saturated rings. The zero-order valence-electron chi connectivity index (χ0n) is 16.8. The maximum absolute atomic E-state index is 13.2. The van der Waals surface area contributed by atoms with E-state index in [-0.39, 0.29) is 16.8 Å². The molecule has 0 unspecified atom stereocenters. The van der Waals surface area contributed by atoms with Crippen molar-refractivity contribution in [2.75, 3.05) is 11.1 Å². The highest BCUT2D eigenvalue weighted by Gasteiger charge is 2.29. The predicted octanol–water partition coefficient (Wildman–Crippen LogP) is 3.18. The number of hydrogen-bond donors (Lipinski definition) is 2. The first-order chi connectivity index (χ1) is 15.5. The molecule has 1 amide bonds. The molecule has 32 heavy (non-hydrogen) atoms. The summed E-state index contributed by atoms with van der Waals surface area (Å²) in [6, 6.07) is 12.8. The van der Waals surface area contributed by atoms with Crippen LogP contribution in [-0.2, 0) is 21.2 Å². The van der Waals surface area contributed by atoms with Gasteiger partial charge in [-0.3, -0.25) is 10.1 Å². The first-order valence-corrected chi connectivity index (χ1v) is 13.5. The van der Waals surface area contributed by atoms with Gasteiger partial charge in [0.25, 0.3) is 0 Å². The van der Waals surface area contributed by atoms with E-state index in [1.165, 1.54) is 29.2 Å². The van der Waals surface area contributed by atoms with Gasteiger partial charge >= 0.3 is 0 Å². The van der Waals surface area contributed by atoms with Crippen molar-refractivity contribution in [1.29, 1.82) is 0 Å². The largest absolute Gasteiger partial charge is 0.299 e. The first kappa shape index (κ1) is 22.7. The number of fused-ring (bicyclic) bond motifs is 1. The lowest BCUT2D eigenvalue weighted by Crippen LogP contribution is -2.45. The minimum atomic E-state index is -4.06. The summed E-state index contributed by atoms with van der Waals surface area (Å²) in [6.07, 6.45) is 0.159. The Hall–Kier alpha value is -2.45. The number of amides is 1. The van der Waals surface area contributed by atoms with Crippen LogP contribution in [0.15, 0.2) is 57.8 Å². The van der Waals surface area contributed by atoms with E-state index in [0.29, 0.717) is 10.6 Å². The fraction of sp³-hybridized carbons (Fsp3) is 0.211. The van der Waals surface area contributed by atoms with Crippen molar-refractivity contribution in [3.05, 3.63) is 54.1 Å². The molecule has 0 saturated heterocycles. The average molecular weight is 507 g/mol. The summed E-state index contributed by atoms with van der Waals surface area (Å²) in [4.78, 5) is 13.1. The van der Waals surface area contributed by atoms with E-state index >= 15 is 0 Å². The number of nitrogens with zero attached hydrogens (tertiary/aromatic N) is 4. The number of benzene rings is 2. The number of nitrogens with one attached hydrogen (secondary N) is 2. The minimum Gasteiger partial charge on any atom is -0.299 e. The molecule has 0 aliphatic heterocycles. The van der Waals surface area contributed by atoms with Crippen LogP contribution in [0.2, 0.25) is 0 Å². The van der Waals surface area contributed by atoms with Crippen LogP contribution >= 0.6 is 34.8 Å². The number of thioether (sulfide) groups is 1. The van der Waals surface area contributed by atoms with E-state index in [2.05, 4.69) is 29.0 Å². The fourth-order valence-electron chi connectivity index (χ4n) is 2.92. The molecular weight excluding hydrogens is 489 g/mol. The normalized spacial score (nSPS) is 12.7. The van der Waals surface area contributed by atoms with Gasteiger partial charge in [0.15, 0.2) is 4.34 Å². The number of rotatable bonds is 9. The van der Waals surface area contributed by atoms with Crippen molar-refractivity contribution in [2.45, 2.75) is 28.6 Å². The lowest BCUT2D eigenvalue weighted by atomic mass is 10.1. The van der Waals surface area contributed by atoms with E-state index in [1.54, 1.807) is 12.1 Å². The average Bonchev–Trinajstić information content (AvgIpc) is 3.43. The molecule has 2 heterocycles. The second kappa shape index (κ2) is 10.0. The summed E-state index contributed by atoms with van der Waals surface area (Å²) < 4.78 is 37.9. The quantitative estimate of drug-likeness (QED) is 0.262. The number of anilines is 1. The van der Waals surface area contributed by atoms with Gasteiger partial charge in [0.05, 0.1) is 11.7 Å². The van der Waals surface area contributed by atoms with Gasteiger partial charge in [-0.1, -0.05) is 66.4 Å². The van der Waals surface area contributed by atoms with E-state index in [1.807, 2.05) is 37.3 Å². The predicted molar refractivity (Wildman–Crippen MR) is 127 cm³/mol. The van der Waals surface area contributed by atoms with Crippen molar-refractivity contribution in [2.24, 2.45) is 0 Å². The molecule has 0 aliphatic carbocycles. The summed E-state index contributed by atoms with van der Waals surface area (Å²) in [7, 11) is -4.06. The summed E-state index contributed by atoms with van der Waals surface area (Å²) in [5.41, 5.74) is 1.56. The monoisotopic (exact) mass is 506 g/mol. The first-order valence-electron chi connectivity index (χ1n) is 9.51. The third-order valence-corrected chi connectivity index (χ3v) is 8.24. The molecule has 9 nitrogen and oxygen atoms in total. The molecule has 0 saturated carbocycles. The van der Waals surface area contributed by atoms with Crippen LogP contribution in [0, 0.1) is 0 Å². The molecule has 0 spiro atoms. The van der Waals surface area contributed by atoms with Crippen molar-refractivity contribution in [1.82, 2.24) is 23.7 Å². The molecule has 4 rings (SSSR count). The standard InChI is InChI=1S/C19H18N6O3S4/c1-2-29-19-22-21-18(30-19)20-17(26)14(11-12-7-4-3-5-8-12)25-32(27,28)15-10-6-9-13-16(15)24-31-23-13/h3-10,14,25H,2,11H2,1H3,(H,20,21,26)/t14-/m0/s1. The number of aromatic nitrogens is 4. The van der Waals surface area contributed by atoms with Gasteiger partial charge in [-0.2, -0.15) is 13.5 Å². The van der Waals surface area contributed by atoms with Gasteiger partial charge in [0.2, 0.25) is 21.1 Å². The number of carbonyl (C=O) groups excluding carboxylic acids is 1. The maximum atomic E-state index is 13.2. The van der Waals surface area contributed by atoms with E-state index in [9.17, 15) is 13.2 Å². The molecule has 2 aromatic heterocycles. The molecule has 166 valence electrons. The van der Waals surface area contributed by atoms with E-state index in [0.717, 1.165) is 27.4 Å². The topological polar surface area (TPSA) is 127 Å². The Morgan fingerprint density at radius 3 is 2.69 bits per heavy atom. The van der Waals surface area contributed by atoms with Crippen molar-refractivity contribution in [3.63, 3.8) is 0 Å². The zero-order chi connectivity index (χ0) is 22.6.